The average Bonchev–Trinajstić information content (AvgIpc) is 2.41. The third kappa shape index (κ3) is 2.26. The van der Waals surface area contributed by atoms with Crippen molar-refractivity contribution in [3.05, 3.63) is 39.6 Å². The molecule has 3 rings (SSSR count). The summed E-state index contributed by atoms with van der Waals surface area (Å²) in [6.07, 6.45) is 0.955. The Kier molecular flexibility index (Phi) is 3.06. The number of Topliss-reactive ketones (excluding diaryl/α,β-unsaturated/α-hetero) is 1. The van der Waals surface area contributed by atoms with Gasteiger partial charge >= 0.3 is 0 Å². The summed E-state index contributed by atoms with van der Waals surface area (Å²) < 4.78 is 14.0. The number of ketones is 1. The van der Waals surface area contributed by atoms with Crippen molar-refractivity contribution >= 4 is 32.9 Å². The fourth-order valence-corrected chi connectivity index (χ4v) is 3.23. The Morgan fingerprint density at radius 2 is 1.89 bits per heavy atom. The molecule has 1 aromatic heterocycles. The molecule has 1 aliphatic rings. The normalized spacial score (nSPS) is 16.1. The number of benzene rings is 1. The van der Waals surface area contributed by atoms with E-state index in [0.717, 1.165) is 4.70 Å². The first-order valence-electron chi connectivity index (χ1n) is 6.13. The molecule has 0 unspecified atom stereocenters. The monoisotopic (exact) mass is 277 g/mol. The number of nitrogens with zero attached hydrogens (tertiary/aromatic N) is 1. The molecule has 1 fully saturated rings. The van der Waals surface area contributed by atoms with Crippen molar-refractivity contribution in [1.82, 2.24) is 0 Å². The smallest absolute Gasteiger partial charge is 0.211 e. The van der Waals surface area contributed by atoms with Gasteiger partial charge in [0.25, 0.3) is 0 Å². The molecule has 1 aromatic carbocycles. The lowest BCUT2D eigenvalue weighted by Gasteiger charge is -2.27. The van der Waals surface area contributed by atoms with Gasteiger partial charge in [0, 0.05) is 41.4 Å². The molecule has 1 saturated heterocycles. The quantitative estimate of drug-likeness (QED) is 0.804. The molecular formula is C14H12FNO2S. The molecule has 2 heterocycles. The number of fused-ring (bicyclic) bond motifs is 1. The first kappa shape index (κ1) is 12.3. The van der Waals surface area contributed by atoms with Gasteiger partial charge in [-0.2, -0.15) is 0 Å². The number of anilines is 1. The van der Waals surface area contributed by atoms with E-state index >= 15 is 0 Å². The first-order chi connectivity index (χ1) is 9.15. The maximum atomic E-state index is 13.2. The van der Waals surface area contributed by atoms with Crippen molar-refractivity contribution in [2.24, 2.45) is 0 Å². The standard InChI is InChI=1S/C14H12FNO2S/c15-9-1-2-13-11(7-9)14(18)12(8-19-13)16-5-3-10(17)4-6-16/h1-2,7-8H,3-6H2. The highest BCUT2D eigenvalue weighted by Crippen LogP contribution is 2.23. The van der Waals surface area contributed by atoms with Crippen LogP contribution in [0.5, 0.6) is 0 Å². The zero-order valence-electron chi connectivity index (χ0n) is 10.2. The minimum atomic E-state index is -0.400. The number of hydrogen-bond donors (Lipinski definition) is 0. The van der Waals surface area contributed by atoms with Crippen molar-refractivity contribution in [2.45, 2.75) is 12.8 Å². The lowest BCUT2D eigenvalue weighted by atomic mass is 10.1. The number of hydrogen-bond acceptors (Lipinski definition) is 4. The lowest BCUT2D eigenvalue weighted by Crippen LogP contribution is -2.36. The van der Waals surface area contributed by atoms with Gasteiger partial charge in [-0.1, -0.05) is 0 Å². The van der Waals surface area contributed by atoms with Gasteiger partial charge in [-0.25, -0.2) is 4.39 Å². The van der Waals surface area contributed by atoms with Crippen LogP contribution in [0.25, 0.3) is 10.1 Å². The second-order valence-electron chi connectivity index (χ2n) is 4.62. The van der Waals surface area contributed by atoms with Gasteiger partial charge in [-0.3, -0.25) is 9.59 Å². The third-order valence-electron chi connectivity index (χ3n) is 3.38. The molecule has 98 valence electrons. The maximum Gasteiger partial charge on any atom is 0.211 e. The van der Waals surface area contributed by atoms with E-state index in [9.17, 15) is 14.0 Å². The van der Waals surface area contributed by atoms with Crippen LogP contribution >= 0.6 is 11.3 Å². The fraction of sp³-hybridized carbons (Fsp3) is 0.286. The summed E-state index contributed by atoms with van der Waals surface area (Å²) in [4.78, 5) is 25.5. The Bertz CT molecular complexity index is 700. The number of halogens is 1. The minimum absolute atomic E-state index is 0.150. The molecule has 0 amide bonds. The molecular weight excluding hydrogens is 265 g/mol. The predicted molar refractivity (Wildman–Crippen MR) is 74.5 cm³/mol. The number of rotatable bonds is 1. The van der Waals surface area contributed by atoms with Crippen molar-refractivity contribution in [1.29, 1.82) is 0 Å². The lowest BCUT2D eigenvalue weighted by molar-refractivity contribution is -0.119. The Morgan fingerprint density at radius 3 is 2.63 bits per heavy atom. The van der Waals surface area contributed by atoms with Gasteiger partial charge in [0.15, 0.2) is 0 Å². The van der Waals surface area contributed by atoms with Gasteiger partial charge < -0.3 is 4.90 Å². The van der Waals surface area contributed by atoms with Crippen LogP contribution in [0.3, 0.4) is 0 Å². The van der Waals surface area contributed by atoms with Gasteiger partial charge in [0.1, 0.15) is 11.6 Å². The maximum absolute atomic E-state index is 13.2. The van der Waals surface area contributed by atoms with Crippen molar-refractivity contribution in [3.8, 4) is 0 Å². The molecule has 5 heteroatoms. The van der Waals surface area contributed by atoms with E-state index in [0.29, 0.717) is 37.0 Å². The zero-order valence-corrected chi connectivity index (χ0v) is 11.0. The Hall–Kier alpha value is -1.75. The summed E-state index contributed by atoms with van der Waals surface area (Å²) >= 11 is 1.43. The van der Waals surface area contributed by atoms with Crippen molar-refractivity contribution in [3.63, 3.8) is 0 Å². The van der Waals surface area contributed by atoms with Crippen LogP contribution in [0.4, 0.5) is 10.1 Å². The highest BCUT2D eigenvalue weighted by atomic mass is 32.1. The molecule has 0 radical (unpaired) electrons. The third-order valence-corrected chi connectivity index (χ3v) is 4.33. The fourth-order valence-electron chi connectivity index (χ4n) is 2.31. The van der Waals surface area contributed by atoms with E-state index in [-0.39, 0.29) is 11.2 Å². The highest BCUT2D eigenvalue weighted by molar-refractivity contribution is 7.16. The van der Waals surface area contributed by atoms with Crippen LogP contribution in [0.1, 0.15) is 12.8 Å². The summed E-state index contributed by atoms with van der Waals surface area (Å²) in [5.74, 6) is -0.165. The van der Waals surface area contributed by atoms with Crippen LogP contribution in [-0.2, 0) is 4.79 Å². The van der Waals surface area contributed by atoms with E-state index in [1.54, 1.807) is 11.4 Å². The summed E-state index contributed by atoms with van der Waals surface area (Å²) in [5.41, 5.74) is 0.429. The molecule has 0 bridgehead atoms. The van der Waals surface area contributed by atoms with Crippen molar-refractivity contribution in [2.75, 3.05) is 18.0 Å². The Morgan fingerprint density at radius 1 is 1.16 bits per heavy atom. The number of piperidine rings is 1. The molecule has 2 aromatic rings. The molecule has 0 aliphatic carbocycles. The summed E-state index contributed by atoms with van der Waals surface area (Å²) in [6, 6.07) is 4.27. The second kappa shape index (κ2) is 4.74. The predicted octanol–water partition coefficient (Wildman–Crippen LogP) is 2.57. The minimum Gasteiger partial charge on any atom is -0.367 e. The number of carbonyl (C=O) groups excluding carboxylic acids is 1. The van der Waals surface area contributed by atoms with Crippen LogP contribution in [0.15, 0.2) is 28.4 Å². The molecule has 0 saturated carbocycles. The largest absolute Gasteiger partial charge is 0.367 e. The molecule has 3 nitrogen and oxygen atoms in total. The van der Waals surface area contributed by atoms with E-state index in [1.165, 1.54) is 23.5 Å². The molecule has 0 atom stereocenters. The van der Waals surface area contributed by atoms with Crippen LogP contribution in [0.2, 0.25) is 0 Å². The average molecular weight is 277 g/mol. The van der Waals surface area contributed by atoms with Gasteiger partial charge in [0.05, 0.1) is 5.69 Å². The SMILES string of the molecule is O=C1CCN(c2csc3ccc(F)cc3c2=O)CC1. The zero-order chi connectivity index (χ0) is 13.4. The van der Waals surface area contributed by atoms with Crippen LogP contribution < -0.4 is 10.3 Å². The molecule has 19 heavy (non-hydrogen) atoms. The summed E-state index contributed by atoms with van der Waals surface area (Å²) in [5, 5.41) is 2.22. The van der Waals surface area contributed by atoms with Crippen LogP contribution in [-0.4, -0.2) is 18.9 Å². The van der Waals surface area contributed by atoms with E-state index in [4.69, 9.17) is 0 Å². The first-order valence-corrected chi connectivity index (χ1v) is 7.01. The topological polar surface area (TPSA) is 37.4 Å². The van der Waals surface area contributed by atoms with Gasteiger partial charge in [-0.15, -0.1) is 11.3 Å². The second-order valence-corrected chi connectivity index (χ2v) is 5.53. The number of carbonyl (C=O) groups is 1. The van der Waals surface area contributed by atoms with E-state index in [1.807, 2.05) is 4.90 Å². The van der Waals surface area contributed by atoms with Crippen molar-refractivity contribution < 1.29 is 9.18 Å². The molecule has 1 aliphatic heterocycles. The van der Waals surface area contributed by atoms with E-state index < -0.39 is 5.82 Å². The highest BCUT2D eigenvalue weighted by Gasteiger charge is 2.19. The summed E-state index contributed by atoms with van der Waals surface area (Å²) in [6.45, 7) is 1.14. The summed E-state index contributed by atoms with van der Waals surface area (Å²) in [7, 11) is 0. The van der Waals surface area contributed by atoms with Gasteiger partial charge in [-0.05, 0) is 18.2 Å². The van der Waals surface area contributed by atoms with Gasteiger partial charge in [0.2, 0.25) is 5.43 Å². The Balaban J connectivity index is 2.07. The van der Waals surface area contributed by atoms with Crippen LogP contribution in [0, 0.1) is 5.82 Å². The van der Waals surface area contributed by atoms with E-state index in [2.05, 4.69) is 0 Å². The molecule has 0 N–H and O–H groups in total. The molecule has 0 spiro atoms. The Labute approximate surface area is 113 Å².